The molecular weight excluding hydrogens is 451 g/mol. The normalized spacial score (nSPS) is 13.9. The second-order valence-electron chi connectivity index (χ2n) is 6.68. The molecule has 6 nitrogen and oxygen atoms in total. The molecule has 0 aliphatic carbocycles. The molecule has 156 valence electrons. The van der Waals surface area contributed by atoms with Gasteiger partial charge in [-0.3, -0.25) is 9.03 Å². The molecule has 0 atom stereocenters. The SMILES string of the molecule is O=S(=O)(Nc1ccc2c(c1)N(S(=O)(=O)c1ccc(Cl)cc1)CC2)c1ccc(F)cc1. The molecule has 1 aliphatic heterocycles. The lowest BCUT2D eigenvalue weighted by Gasteiger charge is -2.20. The fraction of sp³-hybridized carbons (Fsp3) is 0.100. The summed E-state index contributed by atoms with van der Waals surface area (Å²) < 4.78 is 68.0. The van der Waals surface area contributed by atoms with Gasteiger partial charge in [-0.2, -0.15) is 0 Å². The van der Waals surface area contributed by atoms with Crippen molar-refractivity contribution in [3.8, 4) is 0 Å². The second kappa shape index (κ2) is 7.57. The first-order valence-corrected chi connectivity index (χ1v) is 12.2. The highest BCUT2D eigenvalue weighted by Gasteiger charge is 2.31. The van der Waals surface area contributed by atoms with E-state index in [9.17, 15) is 21.2 Å². The van der Waals surface area contributed by atoms with Crippen LogP contribution in [0.15, 0.2) is 76.5 Å². The lowest BCUT2D eigenvalue weighted by atomic mass is 10.1. The van der Waals surface area contributed by atoms with Crippen LogP contribution in [0.5, 0.6) is 0 Å². The fourth-order valence-corrected chi connectivity index (χ4v) is 5.90. The maximum Gasteiger partial charge on any atom is 0.264 e. The van der Waals surface area contributed by atoms with Gasteiger partial charge in [-0.25, -0.2) is 21.2 Å². The van der Waals surface area contributed by atoms with Gasteiger partial charge >= 0.3 is 0 Å². The van der Waals surface area contributed by atoms with Crippen LogP contribution in [0.2, 0.25) is 5.02 Å². The summed E-state index contributed by atoms with van der Waals surface area (Å²) in [5.74, 6) is -0.547. The number of fused-ring (bicyclic) bond motifs is 1. The van der Waals surface area contributed by atoms with Crippen LogP contribution in [-0.2, 0) is 26.5 Å². The largest absolute Gasteiger partial charge is 0.280 e. The highest BCUT2D eigenvalue weighted by atomic mass is 35.5. The molecule has 1 heterocycles. The standard InChI is InChI=1S/C20H16ClFN2O4S2/c21-15-2-7-19(8-3-15)30(27,28)24-12-11-14-1-6-17(13-20(14)24)23-29(25,26)18-9-4-16(22)5-10-18/h1-10,13,23H,11-12H2. The Bertz CT molecular complexity index is 1310. The zero-order valence-corrected chi connectivity index (χ0v) is 17.8. The van der Waals surface area contributed by atoms with Gasteiger partial charge in [0.1, 0.15) is 5.82 Å². The van der Waals surface area contributed by atoms with Crippen LogP contribution >= 0.6 is 11.6 Å². The zero-order chi connectivity index (χ0) is 21.5. The number of hydrogen-bond donors (Lipinski definition) is 1. The molecular formula is C20H16ClFN2O4S2. The van der Waals surface area contributed by atoms with Crippen molar-refractivity contribution in [2.45, 2.75) is 16.2 Å². The maximum absolute atomic E-state index is 13.1. The quantitative estimate of drug-likeness (QED) is 0.615. The molecule has 0 unspecified atom stereocenters. The Kier molecular flexibility index (Phi) is 5.21. The summed E-state index contributed by atoms with van der Waals surface area (Å²) in [5, 5.41) is 0.424. The van der Waals surface area contributed by atoms with Crippen LogP contribution in [0.4, 0.5) is 15.8 Å². The molecule has 30 heavy (non-hydrogen) atoms. The third-order valence-corrected chi connectivity index (χ3v) is 8.19. The Hall–Kier alpha value is -2.62. The number of halogens is 2. The molecule has 0 aromatic heterocycles. The highest BCUT2D eigenvalue weighted by molar-refractivity contribution is 7.93. The lowest BCUT2D eigenvalue weighted by molar-refractivity contribution is 0.592. The van der Waals surface area contributed by atoms with E-state index in [0.29, 0.717) is 17.1 Å². The minimum absolute atomic E-state index is 0.0945. The molecule has 4 rings (SSSR count). The number of hydrogen-bond acceptors (Lipinski definition) is 4. The average molecular weight is 467 g/mol. The van der Waals surface area contributed by atoms with Crippen LogP contribution < -0.4 is 9.03 Å². The van der Waals surface area contributed by atoms with E-state index in [2.05, 4.69) is 4.72 Å². The Morgan fingerprint density at radius 1 is 0.867 bits per heavy atom. The molecule has 3 aromatic carbocycles. The predicted octanol–water partition coefficient (Wildman–Crippen LogP) is 4.03. The van der Waals surface area contributed by atoms with Gasteiger partial charge in [0.15, 0.2) is 0 Å². The second-order valence-corrected chi connectivity index (χ2v) is 10.7. The predicted molar refractivity (Wildman–Crippen MR) is 113 cm³/mol. The minimum Gasteiger partial charge on any atom is -0.280 e. The number of benzene rings is 3. The number of anilines is 2. The van der Waals surface area contributed by atoms with Crippen molar-refractivity contribution < 1.29 is 21.2 Å². The lowest BCUT2D eigenvalue weighted by Crippen LogP contribution is -2.29. The first kappa shape index (κ1) is 20.6. The molecule has 0 amide bonds. The number of nitrogens with one attached hydrogen (secondary N) is 1. The van der Waals surface area contributed by atoms with E-state index in [1.165, 1.54) is 34.6 Å². The van der Waals surface area contributed by atoms with Crippen molar-refractivity contribution in [2.75, 3.05) is 15.6 Å². The zero-order valence-electron chi connectivity index (χ0n) is 15.4. The van der Waals surface area contributed by atoms with Gasteiger partial charge in [-0.15, -0.1) is 0 Å². The Balaban J connectivity index is 1.66. The fourth-order valence-electron chi connectivity index (χ4n) is 3.22. The third-order valence-electron chi connectivity index (χ3n) is 4.72. The highest BCUT2D eigenvalue weighted by Crippen LogP contribution is 2.35. The van der Waals surface area contributed by atoms with Gasteiger partial charge in [0.05, 0.1) is 21.2 Å². The summed E-state index contributed by atoms with van der Waals surface area (Å²) in [7, 11) is -7.79. The van der Waals surface area contributed by atoms with Crippen LogP contribution in [0.25, 0.3) is 0 Å². The van der Waals surface area contributed by atoms with Crippen LogP contribution in [0.3, 0.4) is 0 Å². The van der Waals surface area contributed by atoms with E-state index in [4.69, 9.17) is 11.6 Å². The van der Waals surface area contributed by atoms with Gasteiger partial charge < -0.3 is 0 Å². The van der Waals surface area contributed by atoms with Gasteiger partial charge in [0, 0.05) is 11.6 Å². The number of nitrogens with zero attached hydrogens (tertiary/aromatic N) is 1. The Morgan fingerprint density at radius 2 is 1.50 bits per heavy atom. The van der Waals surface area contributed by atoms with Gasteiger partial charge in [-0.1, -0.05) is 17.7 Å². The monoisotopic (exact) mass is 466 g/mol. The summed E-state index contributed by atoms with van der Waals surface area (Å²) in [4.78, 5) is -0.00733. The molecule has 1 aliphatic rings. The van der Waals surface area contributed by atoms with Gasteiger partial charge in [0.2, 0.25) is 0 Å². The van der Waals surface area contributed by atoms with Crippen molar-refractivity contribution in [1.29, 1.82) is 0 Å². The minimum atomic E-state index is -3.96. The number of sulfonamides is 2. The maximum atomic E-state index is 13.1. The van der Waals surface area contributed by atoms with E-state index in [-0.39, 0.29) is 22.0 Å². The average Bonchev–Trinajstić information content (AvgIpc) is 3.12. The number of rotatable bonds is 5. The van der Waals surface area contributed by atoms with E-state index in [1.807, 2.05) is 0 Å². The molecule has 0 radical (unpaired) electrons. The van der Waals surface area contributed by atoms with Gasteiger partial charge in [0.25, 0.3) is 20.0 Å². The molecule has 3 aromatic rings. The summed E-state index contributed by atoms with van der Waals surface area (Å²) in [5.41, 5.74) is 1.40. The molecule has 0 fully saturated rings. The Labute approximate surface area is 179 Å². The third kappa shape index (κ3) is 3.88. The molecule has 10 heteroatoms. The van der Waals surface area contributed by atoms with Crippen molar-refractivity contribution in [3.63, 3.8) is 0 Å². The van der Waals surface area contributed by atoms with Crippen LogP contribution in [-0.4, -0.2) is 23.4 Å². The van der Waals surface area contributed by atoms with Crippen molar-refractivity contribution in [3.05, 3.63) is 83.1 Å². The first-order chi connectivity index (χ1) is 14.2. The van der Waals surface area contributed by atoms with E-state index < -0.39 is 25.9 Å². The summed E-state index contributed by atoms with van der Waals surface area (Å²) >= 11 is 5.85. The van der Waals surface area contributed by atoms with E-state index in [0.717, 1.165) is 29.8 Å². The van der Waals surface area contributed by atoms with E-state index >= 15 is 0 Å². The van der Waals surface area contributed by atoms with E-state index in [1.54, 1.807) is 12.1 Å². The molecule has 0 bridgehead atoms. The van der Waals surface area contributed by atoms with Gasteiger partial charge in [-0.05, 0) is 72.6 Å². The summed E-state index contributed by atoms with van der Waals surface area (Å²) in [6.45, 7) is 0.245. The van der Waals surface area contributed by atoms with Crippen molar-refractivity contribution >= 4 is 43.0 Å². The summed E-state index contributed by atoms with van der Waals surface area (Å²) in [6, 6.07) is 15.0. The molecule has 0 saturated heterocycles. The smallest absolute Gasteiger partial charge is 0.264 e. The molecule has 0 saturated carbocycles. The topological polar surface area (TPSA) is 83.6 Å². The van der Waals surface area contributed by atoms with Crippen molar-refractivity contribution in [1.82, 2.24) is 0 Å². The molecule has 0 spiro atoms. The summed E-state index contributed by atoms with van der Waals surface area (Å²) in [6.07, 6.45) is 0.507. The van der Waals surface area contributed by atoms with Crippen LogP contribution in [0, 0.1) is 5.82 Å². The van der Waals surface area contributed by atoms with Crippen LogP contribution in [0.1, 0.15) is 5.56 Å². The molecule has 1 N–H and O–H groups in total. The first-order valence-electron chi connectivity index (χ1n) is 8.86. The Morgan fingerprint density at radius 3 is 2.17 bits per heavy atom. The van der Waals surface area contributed by atoms with Crippen molar-refractivity contribution in [2.24, 2.45) is 0 Å².